The maximum Gasteiger partial charge on any atom is 0.315 e. The maximum absolute atomic E-state index is 12.2. The summed E-state index contributed by atoms with van der Waals surface area (Å²) in [6, 6.07) is 5.71. The summed E-state index contributed by atoms with van der Waals surface area (Å²) in [5, 5.41) is 5.95. The number of carbonyl (C=O) groups excluding carboxylic acids is 1. The van der Waals surface area contributed by atoms with Crippen LogP contribution in [0.25, 0.3) is 0 Å². The first kappa shape index (κ1) is 18.5. The van der Waals surface area contributed by atoms with Crippen molar-refractivity contribution in [2.75, 3.05) is 19.8 Å². The van der Waals surface area contributed by atoms with E-state index in [1.165, 1.54) is 19.3 Å². The predicted octanol–water partition coefficient (Wildman–Crippen LogP) is 4.17. The van der Waals surface area contributed by atoms with Gasteiger partial charge >= 0.3 is 6.03 Å². The van der Waals surface area contributed by atoms with Crippen LogP contribution in [0.15, 0.2) is 22.7 Å². The van der Waals surface area contributed by atoms with Crippen LogP contribution in [-0.2, 0) is 4.74 Å². The Balaban J connectivity index is 1.42. The van der Waals surface area contributed by atoms with Gasteiger partial charge in [-0.2, -0.15) is 0 Å². The lowest BCUT2D eigenvalue weighted by atomic mass is 9.88. The molecule has 1 aromatic rings. The molecule has 1 aliphatic heterocycles. The van der Waals surface area contributed by atoms with Gasteiger partial charge in [-0.3, -0.25) is 0 Å². The van der Waals surface area contributed by atoms with Crippen LogP contribution in [0.3, 0.4) is 0 Å². The van der Waals surface area contributed by atoms with Gasteiger partial charge in [0.2, 0.25) is 0 Å². The third-order valence-electron chi connectivity index (χ3n) is 5.07. The lowest BCUT2D eigenvalue weighted by molar-refractivity contribution is -0.00245. The van der Waals surface area contributed by atoms with Crippen LogP contribution in [0.4, 0.5) is 4.79 Å². The Kier molecular flexibility index (Phi) is 6.59. The molecule has 3 atom stereocenters. The van der Waals surface area contributed by atoms with E-state index in [0.717, 1.165) is 28.6 Å². The minimum atomic E-state index is -0.155. The summed E-state index contributed by atoms with van der Waals surface area (Å²) < 4.78 is 12.6. The highest BCUT2D eigenvalue weighted by Gasteiger charge is 2.24. The average Bonchev–Trinajstić information content (AvgIpc) is 2.61. The Morgan fingerprint density at radius 1 is 1.32 bits per heavy atom. The second kappa shape index (κ2) is 8.90. The number of halogens is 1. The first-order valence-electron chi connectivity index (χ1n) is 9.21. The summed E-state index contributed by atoms with van der Waals surface area (Å²) in [6.45, 7) is 3.97. The Labute approximate surface area is 158 Å². The molecule has 0 aromatic heterocycles. The van der Waals surface area contributed by atoms with Crippen LogP contribution in [0.2, 0.25) is 0 Å². The number of hydrogen-bond acceptors (Lipinski definition) is 3. The van der Waals surface area contributed by atoms with Crippen molar-refractivity contribution >= 4 is 22.0 Å². The summed E-state index contributed by atoms with van der Waals surface area (Å²) in [5.74, 6) is 1.47. The van der Waals surface area contributed by atoms with Crippen molar-refractivity contribution in [2.45, 2.75) is 51.2 Å². The third kappa shape index (κ3) is 5.11. The number of hydrogen-bond donors (Lipinski definition) is 2. The van der Waals surface area contributed by atoms with Gasteiger partial charge in [0.25, 0.3) is 0 Å². The summed E-state index contributed by atoms with van der Waals surface area (Å²) in [7, 11) is 0. The number of benzene rings is 1. The van der Waals surface area contributed by atoms with Crippen molar-refractivity contribution in [3.63, 3.8) is 0 Å². The minimum absolute atomic E-state index is 0.0273. The smallest absolute Gasteiger partial charge is 0.315 e. The quantitative estimate of drug-likeness (QED) is 0.716. The molecule has 1 heterocycles. The van der Waals surface area contributed by atoms with Crippen LogP contribution in [0.5, 0.6) is 5.75 Å². The van der Waals surface area contributed by atoms with Gasteiger partial charge in [-0.1, -0.05) is 35.7 Å². The van der Waals surface area contributed by atoms with E-state index in [4.69, 9.17) is 9.47 Å². The number of rotatable bonds is 5. The molecular weight excluding hydrogens is 384 g/mol. The maximum atomic E-state index is 12.2. The first-order chi connectivity index (χ1) is 12.1. The molecule has 0 saturated heterocycles. The van der Waals surface area contributed by atoms with Crippen molar-refractivity contribution in [3.8, 4) is 5.75 Å². The highest BCUT2D eigenvalue weighted by Crippen LogP contribution is 2.34. The fraction of sp³-hybridized carbons (Fsp3) is 0.632. The van der Waals surface area contributed by atoms with Crippen LogP contribution in [-0.4, -0.2) is 31.9 Å². The number of urea groups is 1. The minimum Gasteiger partial charge on any atom is -0.493 e. The summed E-state index contributed by atoms with van der Waals surface area (Å²) in [6.07, 6.45) is 6.07. The zero-order valence-electron chi connectivity index (χ0n) is 14.7. The monoisotopic (exact) mass is 410 g/mol. The first-order valence-corrected chi connectivity index (χ1v) is 10.0. The number of carbonyl (C=O) groups is 1. The van der Waals surface area contributed by atoms with Gasteiger partial charge < -0.3 is 20.1 Å². The van der Waals surface area contributed by atoms with E-state index in [9.17, 15) is 4.79 Å². The molecule has 2 amide bonds. The van der Waals surface area contributed by atoms with Gasteiger partial charge in [0.15, 0.2) is 0 Å². The zero-order chi connectivity index (χ0) is 17.6. The van der Waals surface area contributed by atoms with E-state index in [0.29, 0.717) is 31.8 Å². The van der Waals surface area contributed by atoms with Gasteiger partial charge in [0, 0.05) is 23.0 Å². The molecular formula is C19H27BrN2O3. The standard InChI is InChI=1S/C19H27BrN2O3/c1-13-4-2-3-5-17(13)25-11-9-21-19(23)22-16-8-10-24-18-7-6-14(20)12-15(16)18/h6-7,12-13,16-17H,2-5,8-11H2,1H3,(H2,21,22,23). The molecule has 0 spiro atoms. The number of ether oxygens (including phenoxy) is 2. The molecule has 3 unspecified atom stereocenters. The van der Waals surface area contributed by atoms with Crippen molar-refractivity contribution in [1.29, 1.82) is 0 Å². The van der Waals surface area contributed by atoms with Gasteiger partial charge in [-0.05, 0) is 37.0 Å². The number of fused-ring (bicyclic) bond motifs is 1. The fourth-order valence-electron chi connectivity index (χ4n) is 3.63. The fourth-order valence-corrected chi connectivity index (χ4v) is 4.01. The van der Waals surface area contributed by atoms with Crippen LogP contribution in [0, 0.1) is 5.92 Å². The Morgan fingerprint density at radius 2 is 2.16 bits per heavy atom. The van der Waals surface area contributed by atoms with E-state index in [1.54, 1.807) is 0 Å². The Bertz CT molecular complexity index is 596. The molecule has 1 saturated carbocycles. The second-order valence-corrected chi connectivity index (χ2v) is 7.86. The molecule has 1 aliphatic carbocycles. The lowest BCUT2D eigenvalue weighted by Gasteiger charge is -2.29. The Morgan fingerprint density at radius 3 is 3.00 bits per heavy atom. The normalized spacial score (nSPS) is 25.6. The molecule has 6 heteroatoms. The van der Waals surface area contributed by atoms with Gasteiger partial charge in [-0.15, -0.1) is 0 Å². The second-order valence-electron chi connectivity index (χ2n) is 6.94. The van der Waals surface area contributed by atoms with Gasteiger partial charge in [-0.25, -0.2) is 4.79 Å². The van der Waals surface area contributed by atoms with Crippen LogP contribution in [0.1, 0.15) is 50.6 Å². The topological polar surface area (TPSA) is 59.6 Å². The molecule has 1 aromatic carbocycles. The SMILES string of the molecule is CC1CCCCC1OCCNC(=O)NC1CCOc2ccc(Br)cc21. The largest absolute Gasteiger partial charge is 0.493 e. The van der Waals surface area contributed by atoms with Crippen LogP contribution < -0.4 is 15.4 Å². The highest BCUT2D eigenvalue weighted by atomic mass is 79.9. The van der Waals surface area contributed by atoms with Gasteiger partial charge in [0.05, 0.1) is 25.4 Å². The third-order valence-corrected chi connectivity index (χ3v) is 5.56. The summed E-state index contributed by atoms with van der Waals surface area (Å²) in [5.41, 5.74) is 1.02. The van der Waals surface area contributed by atoms with E-state index < -0.39 is 0 Å². The van der Waals surface area contributed by atoms with E-state index >= 15 is 0 Å². The zero-order valence-corrected chi connectivity index (χ0v) is 16.3. The van der Waals surface area contributed by atoms with Crippen LogP contribution >= 0.6 is 15.9 Å². The van der Waals surface area contributed by atoms with Crippen molar-refractivity contribution in [2.24, 2.45) is 5.92 Å². The summed E-state index contributed by atoms with van der Waals surface area (Å²) in [4.78, 5) is 12.2. The van der Waals surface area contributed by atoms with Gasteiger partial charge in [0.1, 0.15) is 5.75 Å². The number of amides is 2. The highest BCUT2D eigenvalue weighted by molar-refractivity contribution is 9.10. The molecule has 25 heavy (non-hydrogen) atoms. The molecule has 138 valence electrons. The molecule has 0 bridgehead atoms. The Hall–Kier alpha value is -1.27. The van der Waals surface area contributed by atoms with E-state index in [1.807, 2.05) is 18.2 Å². The molecule has 1 fully saturated rings. The summed E-state index contributed by atoms with van der Waals surface area (Å²) >= 11 is 3.48. The molecule has 3 rings (SSSR count). The molecule has 2 aliphatic rings. The average molecular weight is 411 g/mol. The number of nitrogens with one attached hydrogen (secondary N) is 2. The predicted molar refractivity (Wildman–Crippen MR) is 101 cm³/mol. The van der Waals surface area contributed by atoms with E-state index in [-0.39, 0.29) is 12.1 Å². The molecule has 2 N–H and O–H groups in total. The molecule has 0 radical (unpaired) electrons. The lowest BCUT2D eigenvalue weighted by Crippen LogP contribution is -2.41. The molecule has 5 nitrogen and oxygen atoms in total. The van der Waals surface area contributed by atoms with Crippen molar-refractivity contribution in [3.05, 3.63) is 28.2 Å². The van der Waals surface area contributed by atoms with E-state index in [2.05, 4.69) is 33.5 Å². The van der Waals surface area contributed by atoms with Crippen molar-refractivity contribution in [1.82, 2.24) is 10.6 Å². The van der Waals surface area contributed by atoms with Crippen molar-refractivity contribution < 1.29 is 14.3 Å².